The number of fused-ring (bicyclic) bond motifs is 2. The second-order valence-electron chi connectivity index (χ2n) is 9.43. The minimum absolute atomic E-state index is 0.108. The molecule has 0 saturated carbocycles. The normalized spacial score (nSPS) is 17.9. The van der Waals surface area contributed by atoms with Gasteiger partial charge in [0.25, 0.3) is 11.8 Å². The van der Waals surface area contributed by atoms with E-state index in [9.17, 15) is 27.9 Å². The Hall–Kier alpha value is -4.97. The lowest BCUT2D eigenvalue weighted by atomic mass is 10.0. The number of halogens is 3. The second kappa shape index (κ2) is 10.5. The maximum atomic E-state index is 14.9. The van der Waals surface area contributed by atoms with Gasteiger partial charge in [-0.15, -0.1) is 0 Å². The Labute approximate surface area is 231 Å². The molecular weight excluding hydrogens is 539 g/mol. The lowest BCUT2D eigenvalue weighted by Gasteiger charge is -2.23. The van der Waals surface area contributed by atoms with Crippen LogP contribution in [0.4, 0.5) is 18.9 Å². The summed E-state index contributed by atoms with van der Waals surface area (Å²) in [5, 5.41) is 18.9. The van der Waals surface area contributed by atoms with Gasteiger partial charge < -0.3 is 20.5 Å². The number of para-hydroxylation sites is 1. The van der Waals surface area contributed by atoms with E-state index in [4.69, 9.17) is 4.74 Å². The van der Waals surface area contributed by atoms with Crippen LogP contribution in [0.2, 0.25) is 0 Å². The van der Waals surface area contributed by atoms with Crippen LogP contribution in [0.25, 0.3) is 11.3 Å². The van der Waals surface area contributed by atoms with Gasteiger partial charge in [0.15, 0.2) is 0 Å². The standard InChI is InChI=1S/C29H22F3N5O4/c30-18-9-5-10-19(31)21(18)25-22(29-37(36-25)13-12-16(14-38)41-29)27(39)35-26-28(40)34-24-17(8-4-11-20(24)32)23(33-26)15-6-2-1-3-7-15/h1-11,16,26,38H,12-14H2,(H,34,40)(H,35,39)/t16-,26+/m0/s1. The predicted octanol–water partition coefficient (Wildman–Crippen LogP) is 3.66. The summed E-state index contributed by atoms with van der Waals surface area (Å²) >= 11 is 0. The Kier molecular flexibility index (Phi) is 6.75. The quantitative estimate of drug-likeness (QED) is 0.344. The number of carbonyl (C=O) groups excluding carboxylic acids is 2. The highest BCUT2D eigenvalue weighted by Crippen LogP contribution is 2.36. The molecule has 1 aromatic heterocycles. The van der Waals surface area contributed by atoms with Crippen LogP contribution in [0.5, 0.6) is 5.88 Å². The average molecular weight is 562 g/mol. The van der Waals surface area contributed by atoms with E-state index in [0.717, 1.165) is 12.1 Å². The molecule has 3 heterocycles. The van der Waals surface area contributed by atoms with Crippen molar-refractivity contribution in [2.75, 3.05) is 11.9 Å². The molecule has 0 radical (unpaired) electrons. The molecule has 0 bridgehead atoms. The molecule has 3 aromatic carbocycles. The summed E-state index contributed by atoms with van der Waals surface area (Å²) in [6.45, 7) is -0.166. The molecule has 2 amide bonds. The number of benzodiazepines with no additional fused rings is 1. The highest BCUT2D eigenvalue weighted by molar-refractivity contribution is 6.20. The van der Waals surface area contributed by atoms with Crippen LogP contribution in [-0.4, -0.2) is 51.3 Å². The molecule has 2 atom stereocenters. The number of rotatable bonds is 5. The number of nitrogens with zero attached hydrogens (tertiary/aromatic N) is 3. The molecular formula is C29H22F3N5O4. The van der Waals surface area contributed by atoms with E-state index in [1.807, 2.05) is 0 Å². The second-order valence-corrected chi connectivity index (χ2v) is 9.43. The molecule has 2 aliphatic heterocycles. The number of aromatic nitrogens is 2. The van der Waals surface area contributed by atoms with Gasteiger partial charge in [-0.3, -0.25) is 9.59 Å². The van der Waals surface area contributed by atoms with E-state index in [2.05, 4.69) is 20.7 Å². The number of carbonyl (C=O) groups is 2. The van der Waals surface area contributed by atoms with Crippen molar-refractivity contribution in [2.45, 2.75) is 25.2 Å². The fourth-order valence-corrected chi connectivity index (χ4v) is 4.85. The van der Waals surface area contributed by atoms with Gasteiger partial charge in [-0.1, -0.05) is 48.5 Å². The van der Waals surface area contributed by atoms with Gasteiger partial charge in [0.1, 0.15) is 34.8 Å². The van der Waals surface area contributed by atoms with Crippen molar-refractivity contribution in [1.29, 1.82) is 0 Å². The van der Waals surface area contributed by atoms with Crippen molar-refractivity contribution < 1.29 is 32.6 Å². The predicted molar refractivity (Wildman–Crippen MR) is 142 cm³/mol. The third-order valence-electron chi connectivity index (χ3n) is 6.82. The van der Waals surface area contributed by atoms with Gasteiger partial charge in [0.05, 0.1) is 23.6 Å². The first-order chi connectivity index (χ1) is 19.9. The molecule has 208 valence electrons. The van der Waals surface area contributed by atoms with Gasteiger partial charge in [-0.2, -0.15) is 5.10 Å². The first-order valence-electron chi connectivity index (χ1n) is 12.7. The highest BCUT2D eigenvalue weighted by Gasteiger charge is 2.36. The van der Waals surface area contributed by atoms with Crippen molar-refractivity contribution in [3.63, 3.8) is 0 Å². The zero-order valence-corrected chi connectivity index (χ0v) is 21.3. The van der Waals surface area contributed by atoms with E-state index in [1.165, 1.54) is 22.9 Å². The van der Waals surface area contributed by atoms with Crippen LogP contribution < -0.4 is 15.4 Å². The zero-order valence-electron chi connectivity index (χ0n) is 21.3. The fourth-order valence-electron chi connectivity index (χ4n) is 4.85. The zero-order chi connectivity index (χ0) is 28.7. The van der Waals surface area contributed by atoms with Crippen LogP contribution >= 0.6 is 0 Å². The van der Waals surface area contributed by atoms with Crippen LogP contribution in [0.1, 0.15) is 27.9 Å². The average Bonchev–Trinajstić information content (AvgIpc) is 3.27. The largest absolute Gasteiger partial charge is 0.471 e. The molecule has 0 spiro atoms. The molecule has 6 rings (SSSR count). The van der Waals surface area contributed by atoms with Crippen molar-refractivity contribution in [3.05, 3.63) is 101 Å². The minimum Gasteiger partial charge on any atom is -0.471 e. The summed E-state index contributed by atoms with van der Waals surface area (Å²) in [5.41, 5.74) is -0.266. The minimum atomic E-state index is -1.57. The number of aliphatic imine (C=N–C) groups is 1. The van der Waals surface area contributed by atoms with Gasteiger partial charge in [-0.25, -0.2) is 22.8 Å². The molecule has 0 saturated heterocycles. The number of hydrogen-bond acceptors (Lipinski definition) is 6. The van der Waals surface area contributed by atoms with Crippen molar-refractivity contribution >= 4 is 23.2 Å². The number of aliphatic hydroxyl groups is 1. The number of amides is 2. The van der Waals surface area contributed by atoms with E-state index < -0.39 is 47.1 Å². The molecule has 3 N–H and O–H groups in total. The summed E-state index contributed by atoms with van der Waals surface area (Å²) in [4.78, 5) is 31.6. The van der Waals surface area contributed by atoms with Gasteiger partial charge >= 0.3 is 0 Å². The summed E-state index contributed by atoms with van der Waals surface area (Å²) in [7, 11) is 0. The Balaban J connectivity index is 1.46. The number of anilines is 1. The Morgan fingerprint density at radius 1 is 1.02 bits per heavy atom. The number of hydrogen-bond donors (Lipinski definition) is 3. The lowest BCUT2D eigenvalue weighted by Crippen LogP contribution is -2.43. The van der Waals surface area contributed by atoms with Gasteiger partial charge in [-0.05, 0) is 18.2 Å². The number of ether oxygens (including phenoxy) is 1. The topological polar surface area (TPSA) is 118 Å². The number of aliphatic hydroxyl groups excluding tert-OH is 1. The third-order valence-corrected chi connectivity index (χ3v) is 6.82. The van der Waals surface area contributed by atoms with Crippen molar-refractivity contribution in [1.82, 2.24) is 15.1 Å². The Morgan fingerprint density at radius 3 is 2.46 bits per heavy atom. The van der Waals surface area contributed by atoms with Gasteiger partial charge in [0.2, 0.25) is 12.0 Å². The number of benzene rings is 3. The monoisotopic (exact) mass is 561 g/mol. The van der Waals surface area contributed by atoms with Crippen LogP contribution in [0, 0.1) is 17.5 Å². The number of aryl methyl sites for hydroxylation is 1. The molecule has 12 heteroatoms. The SMILES string of the molecule is O=C(N[C@H]1N=C(c2ccccc2)c2cccc(F)c2NC1=O)c1c(-c2c(F)cccc2F)nn2c1O[C@H](CO)CC2. The third kappa shape index (κ3) is 4.72. The van der Waals surface area contributed by atoms with E-state index in [0.29, 0.717) is 17.5 Å². The highest BCUT2D eigenvalue weighted by atomic mass is 19.1. The molecule has 2 aliphatic rings. The summed E-state index contributed by atoms with van der Waals surface area (Å²) < 4.78 is 51.6. The van der Waals surface area contributed by atoms with Crippen LogP contribution in [-0.2, 0) is 11.3 Å². The molecule has 9 nitrogen and oxygen atoms in total. The first kappa shape index (κ1) is 26.3. The summed E-state index contributed by atoms with van der Waals surface area (Å²) in [6.07, 6.45) is -1.92. The van der Waals surface area contributed by atoms with E-state index in [-0.39, 0.29) is 41.7 Å². The Morgan fingerprint density at radius 2 is 1.73 bits per heavy atom. The van der Waals surface area contributed by atoms with Crippen LogP contribution in [0.15, 0.2) is 71.7 Å². The summed E-state index contributed by atoms with van der Waals surface area (Å²) in [6, 6.07) is 16.2. The van der Waals surface area contributed by atoms with Crippen molar-refractivity contribution in [2.24, 2.45) is 4.99 Å². The molecule has 0 unspecified atom stereocenters. The van der Waals surface area contributed by atoms with E-state index in [1.54, 1.807) is 36.4 Å². The first-order valence-corrected chi connectivity index (χ1v) is 12.7. The maximum absolute atomic E-state index is 14.9. The van der Waals surface area contributed by atoms with E-state index >= 15 is 0 Å². The van der Waals surface area contributed by atoms with Gasteiger partial charge in [0, 0.05) is 24.1 Å². The molecule has 0 aliphatic carbocycles. The number of nitrogens with one attached hydrogen (secondary N) is 2. The maximum Gasteiger partial charge on any atom is 0.269 e. The molecule has 41 heavy (non-hydrogen) atoms. The molecule has 4 aromatic rings. The van der Waals surface area contributed by atoms with Crippen molar-refractivity contribution in [3.8, 4) is 17.1 Å². The molecule has 0 fully saturated rings. The lowest BCUT2D eigenvalue weighted by molar-refractivity contribution is -0.117. The smallest absolute Gasteiger partial charge is 0.269 e. The Bertz CT molecular complexity index is 1690. The summed E-state index contributed by atoms with van der Waals surface area (Å²) in [5.74, 6) is -4.56. The fraction of sp³-hybridized carbons (Fsp3) is 0.172. The van der Waals surface area contributed by atoms with Crippen LogP contribution in [0.3, 0.4) is 0 Å².